The van der Waals surface area contributed by atoms with Gasteiger partial charge in [0.05, 0.1) is 18.2 Å². The molecule has 0 aromatic carbocycles. The van der Waals surface area contributed by atoms with Crippen LogP contribution in [0.4, 0.5) is 0 Å². The van der Waals surface area contributed by atoms with Gasteiger partial charge in [-0.25, -0.2) is 0 Å². The Morgan fingerprint density at radius 1 is 1.30 bits per heavy atom. The molecule has 0 amide bonds. The molecule has 0 bridgehead atoms. The van der Waals surface area contributed by atoms with Gasteiger partial charge in [0, 0.05) is 32.7 Å². The molecular formula is C14H30N4O2. The number of amidine groups is 1. The number of oxime groups is 1. The van der Waals surface area contributed by atoms with E-state index in [2.05, 4.69) is 42.7 Å². The van der Waals surface area contributed by atoms with Crippen molar-refractivity contribution in [2.75, 3.05) is 39.3 Å². The van der Waals surface area contributed by atoms with Crippen molar-refractivity contribution in [2.24, 2.45) is 10.9 Å². The highest BCUT2D eigenvalue weighted by Crippen LogP contribution is 2.11. The van der Waals surface area contributed by atoms with E-state index < -0.39 is 0 Å². The van der Waals surface area contributed by atoms with Crippen molar-refractivity contribution in [2.45, 2.75) is 45.8 Å². The molecule has 1 heterocycles. The lowest BCUT2D eigenvalue weighted by Gasteiger charge is -2.38. The normalized spacial score (nSPS) is 21.1. The van der Waals surface area contributed by atoms with Crippen LogP contribution in [0.1, 0.15) is 34.1 Å². The third-order valence-corrected chi connectivity index (χ3v) is 3.63. The second-order valence-electron chi connectivity index (χ2n) is 6.29. The number of nitrogens with two attached hydrogens (primary N) is 1. The Hall–Kier alpha value is -0.850. The lowest BCUT2D eigenvalue weighted by molar-refractivity contribution is -0.0185. The molecule has 1 aliphatic rings. The fourth-order valence-corrected chi connectivity index (χ4v) is 2.50. The molecule has 1 aliphatic heterocycles. The van der Waals surface area contributed by atoms with Crippen molar-refractivity contribution in [3.05, 3.63) is 0 Å². The van der Waals surface area contributed by atoms with Crippen LogP contribution in [-0.2, 0) is 4.74 Å². The summed E-state index contributed by atoms with van der Waals surface area (Å²) in [7, 11) is 0. The SMILES string of the molecule is CCC(C(N)=NO)N1CCN(CCOC(C)(C)C)CC1. The van der Waals surface area contributed by atoms with E-state index in [1.807, 2.05) is 0 Å². The Morgan fingerprint density at radius 3 is 2.35 bits per heavy atom. The zero-order valence-corrected chi connectivity index (χ0v) is 13.3. The van der Waals surface area contributed by atoms with E-state index in [4.69, 9.17) is 15.7 Å². The lowest BCUT2D eigenvalue weighted by atomic mass is 10.1. The fourth-order valence-electron chi connectivity index (χ4n) is 2.50. The monoisotopic (exact) mass is 286 g/mol. The molecule has 0 radical (unpaired) electrons. The van der Waals surface area contributed by atoms with Crippen molar-refractivity contribution in [1.82, 2.24) is 9.80 Å². The maximum atomic E-state index is 8.82. The molecule has 1 rings (SSSR count). The first-order chi connectivity index (χ1) is 9.37. The topological polar surface area (TPSA) is 74.3 Å². The predicted molar refractivity (Wildman–Crippen MR) is 81.2 cm³/mol. The summed E-state index contributed by atoms with van der Waals surface area (Å²) >= 11 is 0. The van der Waals surface area contributed by atoms with E-state index in [9.17, 15) is 0 Å². The van der Waals surface area contributed by atoms with Crippen LogP contribution in [0.2, 0.25) is 0 Å². The summed E-state index contributed by atoms with van der Waals surface area (Å²) in [5.41, 5.74) is 5.68. The fraction of sp³-hybridized carbons (Fsp3) is 0.929. The van der Waals surface area contributed by atoms with E-state index >= 15 is 0 Å². The molecule has 1 unspecified atom stereocenters. The van der Waals surface area contributed by atoms with Crippen LogP contribution < -0.4 is 5.73 Å². The van der Waals surface area contributed by atoms with E-state index in [0.29, 0.717) is 5.84 Å². The summed E-state index contributed by atoms with van der Waals surface area (Å²) in [4.78, 5) is 4.69. The standard InChI is InChI=1S/C14H30N4O2/c1-5-12(13(15)16-19)18-8-6-17(7-9-18)10-11-20-14(2,3)4/h12,19H,5-11H2,1-4H3,(H2,15,16). The first-order valence-corrected chi connectivity index (χ1v) is 7.45. The van der Waals surface area contributed by atoms with Gasteiger partial charge in [-0.15, -0.1) is 0 Å². The second kappa shape index (κ2) is 7.81. The third-order valence-electron chi connectivity index (χ3n) is 3.63. The molecular weight excluding hydrogens is 256 g/mol. The molecule has 6 nitrogen and oxygen atoms in total. The minimum atomic E-state index is -0.0683. The zero-order valence-electron chi connectivity index (χ0n) is 13.3. The summed E-state index contributed by atoms with van der Waals surface area (Å²) in [5, 5.41) is 12.0. The minimum Gasteiger partial charge on any atom is -0.409 e. The van der Waals surface area contributed by atoms with Gasteiger partial charge in [0.25, 0.3) is 0 Å². The average Bonchev–Trinajstić information content (AvgIpc) is 2.39. The van der Waals surface area contributed by atoms with E-state index in [-0.39, 0.29) is 11.6 Å². The van der Waals surface area contributed by atoms with Crippen LogP contribution in [0.15, 0.2) is 5.16 Å². The summed E-state index contributed by atoms with van der Waals surface area (Å²) in [5.74, 6) is 0.317. The molecule has 0 aromatic heterocycles. The van der Waals surface area contributed by atoms with E-state index in [1.165, 1.54) is 0 Å². The van der Waals surface area contributed by atoms with Crippen molar-refractivity contribution >= 4 is 5.84 Å². The zero-order chi connectivity index (χ0) is 15.2. The smallest absolute Gasteiger partial charge is 0.156 e. The molecule has 6 heteroatoms. The number of ether oxygens (including phenoxy) is 1. The van der Waals surface area contributed by atoms with Crippen LogP contribution in [0.3, 0.4) is 0 Å². The first-order valence-electron chi connectivity index (χ1n) is 7.45. The van der Waals surface area contributed by atoms with E-state index in [0.717, 1.165) is 45.8 Å². The van der Waals surface area contributed by atoms with Gasteiger partial charge in [0.15, 0.2) is 5.84 Å². The van der Waals surface area contributed by atoms with Crippen molar-refractivity contribution in [1.29, 1.82) is 0 Å². The highest BCUT2D eigenvalue weighted by Gasteiger charge is 2.25. The molecule has 0 aliphatic carbocycles. The number of nitrogens with zero attached hydrogens (tertiary/aromatic N) is 3. The van der Waals surface area contributed by atoms with Gasteiger partial charge in [-0.2, -0.15) is 0 Å². The van der Waals surface area contributed by atoms with Gasteiger partial charge in [-0.05, 0) is 27.2 Å². The molecule has 1 fully saturated rings. The Kier molecular flexibility index (Phi) is 6.71. The Balaban J connectivity index is 2.32. The van der Waals surface area contributed by atoms with Gasteiger partial charge in [0.2, 0.25) is 0 Å². The van der Waals surface area contributed by atoms with Gasteiger partial charge in [-0.3, -0.25) is 9.80 Å². The first kappa shape index (κ1) is 17.2. The van der Waals surface area contributed by atoms with Crippen LogP contribution in [0.5, 0.6) is 0 Å². The highest BCUT2D eigenvalue weighted by atomic mass is 16.5. The Bertz CT molecular complexity index is 307. The molecule has 20 heavy (non-hydrogen) atoms. The molecule has 1 saturated heterocycles. The Labute approximate surface area is 122 Å². The third kappa shape index (κ3) is 5.64. The average molecular weight is 286 g/mol. The van der Waals surface area contributed by atoms with Crippen molar-refractivity contribution in [3.63, 3.8) is 0 Å². The van der Waals surface area contributed by atoms with Gasteiger partial charge in [-0.1, -0.05) is 12.1 Å². The number of hydrogen-bond donors (Lipinski definition) is 2. The van der Waals surface area contributed by atoms with Crippen LogP contribution in [-0.4, -0.2) is 71.8 Å². The highest BCUT2D eigenvalue weighted by molar-refractivity contribution is 5.85. The quantitative estimate of drug-likeness (QED) is 0.329. The molecule has 118 valence electrons. The molecule has 0 aromatic rings. The summed E-state index contributed by atoms with van der Waals surface area (Å²) in [6.45, 7) is 13.9. The van der Waals surface area contributed by atoms with Crippen molar-refractivity contribution in [3.8, 4) is 0 Å². The summed E-state index contributed by atoms with van der Waals surface area (Å²) in [6, 6.07) is 0.0491. The van der Waals surface area contributed by atoms with Gasteiger partial charge < -0.3 is 15.7 Å². The molecule has 0 spiro atoms. The van der Waals surface area contributed by atoms with Gasteiger partial charge in [0.1, 0.15) is 0 Å². The predicted octanol–water partition coefficient (Wildman–Crippen LogP) is 0.944. The summed E-state index contributed by atoms with van der Waals surface area (Å²) in [6.07, 6.45) is 0.864. The van der Waals surface area contributed by atoms with Gasteiger partial charge >= 0.3 is 0 Å². The van der Waals surface area contributed by atoms with Crippen LogP contribution in [0, 0.1) is 0 Å². The van der Waals surface area contributed by atoms with Crippen LogP contribution in [0.25, 0.3) is 0 Å². The molecule has 0 saturated carbocycles. The summed E-state index contributed by atoms with van der Waals surface area (Å²) < 4.78 is 5.76. The molecule has 1 atom stereocenters. The minimum absolute atomic E-state index is 0.0491. The lowest BCUT2D eigenvalue weighted by Crippen LogP contribution is -2.54. The maximum Gasteiger partial charge on any atom is 0.156 e. The van der Waals surface area contributed by atoms with E-state index in [1.54, 1.807) is 0 Å². The maximum absolute atomic E-state index is 8.82. The Morgan fingerprint density at radius 2 is 1.90 bits per heavy atom. The molecule has 3 N–H and O–H groups in total. The number of piperazine rings is 1. The van der Waals surface area contributed by atoms with Crippen LogP contribution >= 0.6 is 0 Å². The number of rotatable bonds is 6. The largest absolute Gasteiger partial charge is 0.409 e. The number of hydrogen-bond acceptors (Lipinski definition) is 5. The van der Waals surface area contributed by atoms with Crippen molar-refractivity contribution < 1.29 is 9.94 Å². The second-order valence-corrected chi connectivity index (χ2v) is 6.29.